The van der Waals surface area contributed by atoms with E-state index in [0.29, 0.717) is 0 Å². The molecule has 0 unspecified atom stereocenters. The summed E-state index contributed by atoms with van der Waals surface area (Å²) in [4.78, 5) is 0.0185. The molecule has 124 valence electrons. The van der Waals surface area contributed by atoms with Crippen LogP contribution in [0.4, 0.5) is 0 Å². The summed E-state index contributed by atoms with van der Waals surface area (Å²) in [7, 11) is -7.36. The van der Waals surface area contributed by atoms with Crippen LogP contribution in [0.15, 0.2) is 67.1 Å². The predicted octanol–water partition coefficient (Wildman–Crippen LogP) is -1.39. The van der Waals surface area contributed by atoms with E-state index in [1.807, 2.05) is 0 Å². The summed E-state index contributed by atoms with van der Waals surface area (Å²) in [5, 5.41) is 21.9. The second kappa shape index (κ2) is 6.75. The van der Waals surface area contributed by atoms with Crippen LogP contribution in [0, 0.1) is 0 Å². The molecule has 8 nitrogen and oxygen atoms in total. The molecule has 25 heavy (non-hydrogen) atoms. The fourth-order valence-corrected chi connectivity index (χ4v) is 4.35. The first-order chi connectivity index (χ1) is 11.2. The molecular weight excluding hydrogens is 381 g/mol. The quantitative estimate of drug-likeness (QED) is 0.509. The van der Waals surface area contributed by atoms with Crippen LogP contribution in [-0.4, -0.2) is 51.7 Å². The topological polar surface area (TPSA) is 139 Å². The van der Waals surface area contributed by atoms with Gasteiger partial charge in [0.2, 0.25) is 0 Å². The Hall–Kier alpha value is -1.95. The Kier molecular flexibility index (Phi) is 5.23. The van der Waals surface area contributed by atoms with Crippen molar-refractivity contribution in [2.75, 3.05) is 0 Å². The van der Waals surface area contributed by atoms with Crippen molar-refractivity contribution in [3.05, 3.63) is 59.7 Å². The molecule has 0 atom stereocenters. The first-order valence-electron chi connectivity index (χ1n) is 6.45. The number of nitrogens with zero attached hydrogens (tertiary/aromatic N) is 2. The van der Waals surface area contributed by atoms with Crippen LogP contribution >= 0.6 is 0 Å². The average molecular weight is 389 g/mol. The Labute approximate surface area is 159 Å². The van der Waals surface area contributed by atoms with Gasteiger partial charge in [0.1, 0.15) is 0 Å². The standard InChI is InChI=1S/2C7H5NO3S.Mg/c2*9-7-5-3-1-2-4-6(5)12(10,11)8-7;/h2*1-4H,(H,8,9);/q;;+2/p-2. The Morgan fingerprint density at radius 1 is 0.640 bits per heavy atom. The van der Waals surface area contributed by atoms with Crippen molar-refractivity contribution in [1.29, 1.82) is 0 Å². The minimum atomic E-state index is -3.68. The first-order valence-corrected chi connectivity index (χ1v) is 9.33. The van der Waals surface area contributed by atoms with E-state index in [4.69, 9.17) is 0 Å². The third-order valence-electron chi connectivity index (χ3n) is 3.20. The van der Waals surface area contributed by atoms with Gasteiger partial charge in [-0.3, -0.25) is 0 Å². The van der Waals surface area contributed by atoms with Crippen LogP contribution in [-0.2, 0) is 20.0 Å². The summed E-state index contributed by atoms with van der Waals surface area (Å²) in [6, 6.07) is 12.0. The summed E-state index contributed by atoms with van der Waals surface area (Å²) < 4.78 is 50.3. The van der Waals surface area contributed by atoms with Crippen LogP contribution in [0.25, 0.3) is 0 Å². The molecule has 11 heteroatoms. The largest absolute Gasteiger partial charge is 2.00 e. The molecule has 0 radical (unpaired) electrons. The van der Waals surface area contributed by atoms with Gasteiger partial charge in [0.05, 0.1) is 9.79 Å². The third-order valence-corrected chi connectivity index (χ3v) is 5.83. The summed E-state index contributed by atoms with van der Waals surface area (Å²) >= 11 is 0. The SMILES string of the molecule is O=S1(=O)N=C([O-])c2ccccc21.O=S1(=O)N=C([O-])c2ccccc21.[Mg+2]. The minimum Gasteiger partial charge on any atom is -0.858 e. The van der Waals surface area contributed by atoms with Crippen molar-refractivity contribution in [3.63, 3.8) is 0 Å². The van der Waals surface area contributed by atoms with Crippen LogP contribution in [0.2, 0.25) is 0 Å². The average Bonchev–Trinajstić information content (AvgIpc) is 2.91. The minimum absolute atomic E-state index is 0. The molecule has 0 spiro atoms. The smallest absolute Gasteiger partial charge is 0.858 e. The van der Waals surface area contributed by atoms with Gasteiger partial charge in [0, 0.05) is 22.9 Å². The maximum Gasteiger partial charge on any atom is 2.00 e. The predicted molar refractivity (Wildman–Crippen MR) is 86.1 cm³/mol. The van der Waals surface area contributed by atoms with E-state index in [1.165, 1.54) is 24.3 Å². The molecule has 0 aromatic heterocycles. The maximum atomic E-state index is 11.1. The van der Waals surface area contributed by atoms with Crippen molar-refractivity contribution in [2.45, 2.75) is 9.79 Å². The molecule has 2 aromatic rings. The molecule has 2 aromatic carbocycles. The van der Waals surface area contributed by atoms with Crippen LogP contribution in [0.1, 0.15) is 11.1 Å². The van der Waals surface area contributed by atoms with Crippen molar-refractivity contribution >= 4 is 54.9 Å². The second-order valence-corrected chi connectivity index (χ2v) is 7.88. The second-order valence-electron chi connectivity index (χ2n) is 4.74. The molecule has 0 aliphatic carbocycles. The number of fused-ring (bicyclic) bond motifs is 2. The normalized spacial score (nSPS) is 17.8. The van der Waals surface area contributed by atoms with Gasteiger partial charge in [0.25, 0.3) is 20.0 Å². The van der Waals surface area contributed by atoms with Crippen molar-refractivity contribution in [1.82, 2.24) is 0 Å². The molecule has 2 aliphatic rings. The Morgan fingerprint density at radius 2 is 0.960 bits per heavy atom. The summed E-state index contributed by atoms with van der Waals surface area (Å²) in [5.41, 5.74) is 0.329. The number of hydrogen-bond acceptors (Lipinski definition) is 6. The number of hydrogen-bond donors (Lipinski definition) is 0. The van der Waals surface area contributed by atoms with Crippen molar-refractivity contribution in [3.8, 4) is 0 Å². The molecule has 2 aliphatic heterocycles. The summed E-state index contributed by atoms with van der Waals surface area (Å²) in [6.45, 7) is 0. The molecule has 0 bridgehead atoms. The number of benzene rings is 2. The van der Waals surface area contributed by atoms with Crippen molar-refractivity contribution in [2.24, 2.45) is 8.80 Å². The van der Waals surface area contributed by atoms with Gasteiger partial charge in [-0.2, -0.15) is 25.6 Å². The molecular formula is C14H8MgN2O6S2. The fourth-order valence-electron chi connectivity index (χ4n) is 2.15. The van der Waals surface area contributed by atoms with Gasteiger partial charge in [-0.05, 0) is 12.1 Å². The molecule has 0 amide bonds. The molecule has 0 N–H and O–H groups in total. The maximum absolute atomic E-state index is 11.1. The molecule has 4 rings (SSSR count). The van der Waals surface area contributed by atoms with Crippen LogP contribution in [0.5, 0.6) is 0 Å². The van der Waals surface area contributed by atoms with Gasteiger partial charge in [0.15, 0.2) is 0 Å². The van der Waals surface area contributed by atoms with Crippen LogP contribution in [0.3, 0.4) is 0 Å². The fraction of sp³-hybridized carbons (Fsp3) is 0. The molecule has 0 saturated carbocycles. The van der Waals surface area contributed by atoms with E-state index in [-0.39, 0.29) is 44.0 Å². The van der Waals surface area contributed by atoms with Gasteiger partial charge < -0.3 is 10.2 Å². The Morgan fingerprint density at radius 3 is 1.28 bits per heavy atom. The van der Waals surface area contributed by atoms with Gasteiger partial charge in [-0.25, -0.2) is 0 Å². The zero-order valence-corrected chi connectivity index (χ0v) is 15.5. The zero-order chi connectivity index (χ0) is 17.5. The van der Waals surface area contributed by atoms with Gasteiger partial charge >= 0.3 is 23.1 Å². The van der Waals surface area contributed by atoms with Crippen LogP contribution < -0.4 is 10.2 Å². The Balaban J connectivity index is 0.000000173. The zero-order valence-electron chi connectivity index (χ0n) is 12.5. The van der Waals surface area contributed by atoms with Gasteiger partial charge in [-0.1, -0.05) is 36.4 Å². The molecule has 0 fully saturated rings. The van der Waals surface area contributed by atoms with E-state index >= 15 is 0 Å². The van der Waals surface area contributed by atoms with Crippen molar-refractivity contribution < 1.29 is 27.0 Å². The van der Waals surface area contributed by atoms with E-state index in [2.05, 4.69) is 8.80 Å². The van der Waals surface area contributed by atoms with E-state index in [9.17, 15) is 27.0 Å². The molecule has 0 saturated heterocycles. The van der Waals surface area contributed by atoms with E-state index < -0.39 is 31.8 Å². The Bertz CT molecular complexity index is 1020. The monoisotopic (exact) mass is 388 g/mol. The molecule has 2 heterocycles. The summed E-state index contributed by atoms with van der Waals surface area (Å²) in [5.74, 6) is -1.35. The number of rotatable bonds is 0. The van der Waals surface area contributed by atoms with Gasteiger partial charge in [-0.15, -0.1) is 0 Å². The van der Waals surface area contributed by atoms with E-state index in [1.54, 1.807) is 24.3 Å². The number of sulfonamides is 2. The van der Waals surface area contributed by atoms with E-state index in [0.717, 1.165) is 0 Å². The first kappa shape index (κ1) is 19.4. The third kappa shape index (κ3) is 3.54. The summed E-state index contributed by atoms with van der Waals surface area (Å²) in [6.07, 6.45) is 0.